The van der Waals surface area contributed by atoms with Gasteiger partial charge in [-0.15, -0.1) is 10.2 Å². The summed E-state index contributed by atoms with van der Waals surface area (Å²) in [5, 5.41) is 7.88. The zero-order chi connectivity index (χ0) is 9.26. The number of rotatable bonds is 1. The van der Waals surface area contributed by atoms with Gasteiger partial charge >= 0.3 is 0 Å². The van der Waals surface area contributed by atoms with E-state index in [-0.39, 0.29) is 0 Å². The SMILES string of the molecule is C[C@H]1CCN(c2ccc(N)nn2)C1. The summed E-state index contributed by atoms with van der Waals surface area (Å²) in [5.41, 5.74) is 5.46. The van der Waals surface area contributed by atoms with E-state index in [1.54, 1.807) is 6.07 Å². The van der Waals surface area contributed by atoms with Crippen molar-refractivity contribution in [1.29, 1.82) is 0 Å². The highest BCUT2D eigenvalue weighted by atomic mass is 15.3. The molecule has 0 amide bonds. The van der Waals surface area contributed by atoms with Gasteiger partial charge in [0.2, 0.25) is 0 Å². The van der Waals surface area contributed by atoms with Gasteiger partial charge in [0.05, 0.1) is 0 Å². The minimum atomic E-state index is 0.482. The minimum Gasteiger partial charge on any atom is -0.382 e. The highest BCUT2D eigenvalue weighted by Crippen LogP contribution is 2.20. The van der Waals surface area contributed by atoms with Crippen molar-refractivity contribution in [2.75, 3.05) is 23.7 Å². The normalized spacial score (nSPS) is 22.2. The summed E-state index contributed by atoms with van der Waals surface area (Å²) in [4.78, 5) is 2.25. The Morgan fingerprint density at radius 1 is 1.46 bits per heavy atom. The molecule has 70 valence electrons. The number of nitrogens with zero attached hydrogens (tertiary/aromatic N) is 3. The van der Waals surface area contributed by atoms with E-state index in [0.29, 0.717) is 5.82 Å². The zero-order valence-electron chi connectivity index (χ0n) is 7.77. The van der Waals surface area contributed by atoms with E-state index in [1.165, 1.54) is 6.42 Å². The smallest absolute Gasteiger partial charge is 0.151 e. The number of nitrogen functional groups attached to an aromatic ring is 1. The maximum absolute atomic E-state index is 5.46. The Morgan fingerprint density at radius 3 is 2.85 bits per heavy atom. The van der Waals surface area contributed by atoms with Crippen LogP contribution in [0.2, 0.25) is 0 Å². The first-order valence-corrected chi connectivity index (χ1v) is 4.60. The van der Waals surface area contributed by atoms with Crippen LogP contribution in [0.3, 0.4) is 0 Å². The molecule has 0 saturated carbocycles. The van der Waals surface area contributed by atoms with Crippen LogP contribution in [0, 0.1) is 5.92 Å². The molecule has 1 aliphatic heterocycles. The molecule has 1 aromatic rings. The predicted molar refractivity (Wildman–Crippen MR) is 52.4 cm³/mol. The Kier molecular flexibility index (Phi) is 2.04. The predicted octanol–water partition coefficient (Wildman–Crippen LogP) is 0.905. The van der Waals surface area contributed by atoms with Gasteiger partial charge in [-0.25, -0.2) is 0 Å². The number of anilines is 2. The molecule has 0 aromatic carbocycles. The molecule has 0 spiro atoms. The van der Waals surface area contributed by atoms with E-state index in [4.69, 9.17) is 5.73 Å². The fourth-order valence-corrected chi connectivity index (χ4v) is 1.65. The van der Waals surface area contributed by atoms with Crippen molar-refractivity contribution in [1.82, 2.24) is 10.2 Å². The third kappa shape index (κ3) is 1.71. The molecule has 1 fully saturated rings. The average Bonchev–Trinajstić information content (AvgIpc) is 2.53. The van der Waals surface area contributed by atoms with Gasteiger partial charge in [0.1, 0.15) is 5.82 Å². The average molecular weight is 178 g/mol. The molecule has 2 N–H and O–H groups in total. The second-order valence-corrected chi connectivity index (χ2v) is 3.66. The van der Waals surface area contributed by atoms with E-state index in [0.717, 1.165) is 24.8 Å². The van der Waals surface area contributed by atoms with Gasteiger partial charge in [-0.3, -0.25) is 0 Å². The molecule has 4 nitrogen and oxygen atoms in total. The van der Waals surface area contributed by atoms with Crippen LogP contribution in [0.1, 0.15) is 13.3 Å². The van der Waals surface area contributed by atoms with Crippen molar-refractivity contribution in [2.45, 2.75) is 13.3 Å². The van der Waals surface area contributed by atoms with E-state index in [9.17, 15) is 0 Å². The first kappa shape index (κ1) is 8.29. The maximum atomic E-state index is 5.46. The highest BCUT2D eigenvalue weighted by molar-refractivity contribution is 5.42. The molecule has 0 aliphatic carbocycles. The minimum absolute atomic E-state index is 0.482. The molecule has 0 radical (unpaired) electrons. The van der Waals surface area contributed by atoms with E-state index >= 15 is 0 Å². The molecule has 0 bridgehead atoms. The van der Waals surface area contributed by atoms with E-state index in [1.807, 2.05) is 6.07 Å². The van der Waals surface area contributed by atoms with Gasteiger partial charge in [-0.1, -0.05) is 6.92 Å². The van der Waals surface area contributed by atoms with Crippen LogP contribution >= 0.6 is 0 Å². The molecule has 1 aliphatic rings. The summed E-state index contributed by atoms with van der Waals surface area (Å²) in [7, 11) is 0. The Labute approximate surface area is 77.8 Å². The quantitative estimate of drug-likeness (QED) is 0.694. The molecule has 13 heavy (non-hydrogen) atoms. The molecule has 0 unspecified atom stereocenters. The van der Waals surface area contributed by atoms with Crippen LogP contribution < -0.4 is 10.6 Å². The summed E-state index contributed by atoms with van der Waals surface area (Å²) in [6, 6.07) is 3.73. The second-order valence-electron chi connectivity index (χ2n) is 3.66. The summed E-state index contributed by atoms with van der Waals surface area (Å²) in [6.45, 7) is 4.42. The number of hydrogen-bond acceptors (Lipinski definition) is 4. The van der Waals surface area contributed by atoms with Crippen LogP contribution in [0.5, 0.6) is 0 Å². The van der Waals surface area contributed by atoms with Crippen molar-refractivity contribution in [3.63, 3.8) is 0 Å². The van der Waals surface area contributed by atoms with Crippen molar-refractivity contribution in [3.05, 3.63) is 12.1 Å². The Morgan fingerprint density at radius 2 is 2.31 bits per heavy atom. The van der Waals surface area contributed by atoms with Crippen LogP contribution in [0.25, 0.3) is 0 Å². The first-order valence-electron chi connectivity index (χ1n) is 4.60. The standard InChI is InChI=1S/C9H14N4/c1-7-4-5-13(6-7)9-3-2-8(10)11-12-9/h2-3,7H,4-6H2,1H3,(H2,10,11)/t7-/m0/s1. The second kappa shape index (κ2) is 3.20. The Hall–Kier alpha value is -1.32. The van der Waals surface area contributed by atoms with Gasteiger partial charge in [0.25, 0.3) is 0 Å². The van der Waals surface area contributed by atoms with Crippen LogP contribution in [0.15, 0.2) is 12.1 Å². The number of aromatic nitrogens is 2. The third-order valence-electron chi connectivity index (χ3n) is 2.42. The first-order chi connectivity index (χ1) is 6.25. The molecule has 1 atom stereocenters. The van der Waals surface area contributed by atoms with Gasteiger partial charge in [0, 0.05) is 13.1 Å². The molecule has 1 aromatic heterocycles. The van der Waals surface area contributed by atoms with Gasteiger partial charge in [0.15, 0.2) is 5.82 Å². The number of hydrogen-bond donors (Lipinski definition) is 1. The van der Waals surface area contributed by atoms with Crippen molar-refractivity contribution >= 4 is 11.6 Å². The summed E-state index contributed by atoms with van der Waals surface area (Å²) in [6.07, 6.45) is 1.24. The number of nitrogens with two attached hydrogens (primary N) is 1. The lowest BCUT2D eigenvalue weighted by Gasteiger charge is -2.15. The maximum Gasteiger partial charge on any atom is 0.151 e. The lowest BCUT2D eigenvalue weighted by molar-refractivity contribution is 0.658. The lowest BCUT2D eigenvalue weighted by Crippen LogP contribution is -2.20. The van der Waals surface area contributed by atoms with Gasteiger partial charge < -0.3 is 10.6 Å². The van der Waals surface area contributed by atoms with Crippen molar-refractivity contribution < 1.29 is 0 Å². The largest absolute Gasteiger partial charge is 0.382 e. The molecular formula is C9H14N4. The topological polar surface area (TPSA) is 55.0 Å². The molecular weight excluding hydrogens is 164 g/mol. The van der Waals surface area contributed by atoms with Crippen LogP contribution in [0.4, 0.5) is 11.6 Å². The monoisotopic (exact) mass is 178 g/mol. The van der Waals surface area contributed by atoms with Gasteiger partial charge in [-0.2, -0.15) is 0 Å². The Balaban J connectivity index is 2.13. The summed E-state index contributed by atoms with van der Waals surface area (Å²) < 4.78 is 0. The molecule has 2 rings (SSSR count). The van der Waals surface area contributed by atoms with Crippen molar-refractivity contribution in [2.24, 2.45) is 5.92 Å². The fourth-order valence-electron chi connectivity index (χ4n) is 1.65. The molecule has 1 saturated heterocycles. The molecule has 4 heteroatoms. The zero-order valence-corrected chi connectivity index (χ0v) is 7.77. The third-order valence-corrected chi connectivity index (χ3v) is 2.42. The lowest BCUT2D eigenvalue weighted by atomic mass is 10.2. The fraction of sp³-hybridized carbons (Fsp3) is 0.556. The Bertz CT molecular complexity index is 282. The van der Waals surface area contributed by atoms with Crippen LogP contribution in [-0.2, 0) is 0 Å². The summed E-state index contributed by atoms with van der Waals surface area (Å²) in [5.74, 6) is 2.19. The van der Waals surface area contributed by atoms with Crippen LogP contribution in [-0.4, -0.2) is 23.3 Å². The highest BCUT2D eigenvalue weighted by Gasteiger charge is 2.19. The van der Waals surface area contributed by atoms with E-state index in [2.05, 4.69) is 22.0 Å². The summed E-state index contributed by atoms with van der Waals surface area (Å²) >= 11 is 0. The van der Waals surface area contributed by atoms with Crippen molar-refractivity contribution in [3.8, 4) is 0 Å². The molecule has 2 heterocycles. The van der Waals surface area contributed by atoms with Gasteiger partial charge in [-0.05, 0) is 24.5 Å². The van der Waals surface area contributed by atoms with E-state index < -0.39 is 0 Å².